The molecule has 2 fully saturated rings. The van der Waals surface area contributed by atoms with Gasteiger partial charge in [-0.25, -0.2) is 14.4 Å². The monoisotopic (exact) mass is 565 g/mol. The van der Waals surface area contributed by atoms with Crippen LogP contribution in [0.15, 0.2) is 29.3 Å². The molecule has 1 amide bonds. The summed E-state index contributed by atoms with van der Waals surface area (Å²) in [5.74, 6) is -2.33. The lowest BCUT2D eigenvalue weighted by Crippen LogP contribution is -2.38. The van der Waals surface area contributed by atoms with Gasteiger partial charge in [-0.2, -0.15) is 0 Å². The smallest absolute Gasteiger partial charge is 0.310 e. The molecule has 8 nitrogen and oxygen atoms in total. The van der Waals surface area contributed by atoms with Gasteiger partial charge in [0.05, 0.1) is 23.9 Å². The van der Waals surface area contributed by atoms with Crippen molar-refractivity contribution in [3.05, 3.63) is 47.2 Å². The Bertz CT molecular complexity index is 1410. The van der Waals surface area contributed by atoms with E-state index in [9.17, 15) is 33.7 Å². The molecule has 2 aliphatic heterocycles. The largest absolute Gasteiger partial charge is 0.507 e. The van der Waals surface area contributed by atoms with E-state index in [1.54, 1.807) is 0 Å². The molecule has 1 unspecified atom stereocenters. The number of carbonyl (C=O) groups excluding carboxylic acids is 1. The number of rotatable bonds is 4. The Hall–Kier alpha value is -3.04. The number of fused-ring (bicyclic) bond motifs is 1. The van der Waals surface area contributed by atoms with E-state index in [-0.39, 0.29) is 37.2 Å². The van der Waals surface area contributed by atoms with Gasteiger partial charge in [0.1, 0.15) is 28.4 Å². The van der Waals surface area contributed by atoms with E-state index in [0.29, 0.717) is 54.6 Å². The van der Waals surface area contributed by atoms with E-state index in [2.05, 4.69) is 19.9 Å². The van der Waals surface area contributed by atoms with Gasteiger partial charge in [0, 0.05) is 37.8 Å². The summed E-state index contributed by atoms with van der Waals surface area (Å²) in [6.07, 6.45) is 1.38. The van der Waals surface area contributed by atoms with Crippen LogP contribution in [0.5, 0.6) is 5.75 Å². The molecular weight excluding hydrogens is 540 g/mol. The molecule has 1 aromatic carbocycles. The van der Waals surface area contributed by atoms with Crippen molar-refractivity contribution >= 4 is 27.3 Å². The average molecular weight is 566 g/mol. The van der Waals surface area contributed by atoms with Crippen molar-refractivity contribution < 1.29 is 38.5 Å². The summed E-state index contributed by atoms with van der Waals surface area (Å²) < 4.78 is 85.9. The molecule has 1 atom stereocenters. The number of carbonyl (C=O) groups is 1. The van der Waals surface area contributed by atoms with E-state index in [1.165, 1.54) is 4.90 Å². The molecule has 4 heterocycles. The van der Waals surface area contributed by atoms with Crippen LogP contribution < -0.4 is 0 Å². The second kappa shape index (κ2) is 8.48. The number of nitrogens with zero attached hydrogens (tertiary/aromatic N) is 4. The molecule has 208 valence electrons. The highest BCUT2D eigenvalue weighted by atomic mass is 32.5. The Morgan fingerprint density at radius 1 is 1.16 bits per heavy atom. The molecule has 0 radical (unpaired) electrons. The topological polar surface area (TPSA) is 94.6 Å². The second-order valence-electron chi connectivity index (χ2n) is 9.68. The van der Waals surface area contributed by atoms with Crippen LogP contribution in [0.1, 0.15) is 46.6 Å². The first kappa shape index (κ1) is 26.6. The summed E-state index contributed by atoms with van der Waals surface area (Å²) in [6.45, 7) is 2.12. The molecule has 0 saturated carbocycles. The highest BCUT2D eigenvalue weighted by molar-refractivity contribution is 8.45. The summed E-state index contributed by atoms with van der Waals surface area (Å²) in [7, 11) is -8.05. The number of pyridine rings is 1. The number of phenols is 1. The summed E-state index contributed by atoms with van der Waals surface area (Å²) in [6, 6.07) is 0.502. The van der Waals surface area contributed by atoms with Crippen LogP contribution in [0.2, 0.25) is 0 Å². The zero-order chi connectivity index (χ0) is 27.5. The Morgan fingerprint density at radius 2 is 1.87 bits per heavy atom. The van der Waals surface area contributed by atoms with E-state index in [0.717, 1.165) is 12.7 Å². The van der Waals surface area contributed by atoms with Gasteiger partial charge in [-0.1, -0.05) is 19.4 Å². The Labute approximate surface area is 213 Å². The van der Waals surface area contributed by atoms with Crippen molar-refractivity contribution in [2.45, 2.75) is 29.8 Å². The summed E-state index contributed by atoms with van der Waals surface area (Å²) in [5.41, 5.74) is 0.613. The molecule has 2 saturated heterocycles. The standard InChI is InChI=1S/C23H25F6N5O3S/c1-33-8-9-37-18(12-33)21-31-20-19(16(24)11-30-22(20)32-21)13-4-6-34(7-5-13)23(36)15-3-2-14(10-17(15)35)38(25,26,27,28)29/h2-3,10-11,13,18,35H,4-9,12H2,1H3,(H,30,31,32). The predicted octanol–water partition coefficient (Wildman–Crippen LogP) is 5.48. The van der Waals surface area contributed by atoms with Crippen LogP contribution in [-0.2, 0) is 4.74 Å². The van der Waals surface area contributed by atoms with E-state index in [1.807, 2.05) is 7.05 Å². The minimum absolute atomic E-state index is 0.0912. The van der Waals surface area contributed by atoms with Gasteiger partial charge in [-0.05, 0) is 37.9 Å². The SMILES string of the molecule is CN1CCOC(c2nc3ncc(F)c(C4CCN(C(=O)c5ccc(S(F)(F)(F)(F)F)cc5O)CC4)c3[nH]2)C1. The zero-order valence-corrected chi connectivity index (χ0v) is 21.0. The number of aromatic hydroxyl groups is 1. The molecule has 2 N–H and O–H groups in total. The fourth-order valence-corrected chi connectivity index (χ4v) is 5.60. The fraction of sp³-hybridized carbons (Fsp3) is 0.435. The molecule has 0 spiro atoms. The minimum Gasteiger partial charge on any atom is -0.507 e. The van der Waals surface area contributed by atoms with Gasteiger partial charge in [-0.3, -0.25) is 4.79 Å². The maximum absolute atomic E-state index is 15.0. The average Bonchev–Trinajstić information content (AvgIpc) is 3.27. The molecule has 0 aliphatic carbocycles. The van der Waals surface area contributed by atoms with Crippen molar-refractivity contribution in [1.82, 2.24) is 24.8 Å². The second-order valence-corrected chi connectivity index (χ2v) is 12.1. The number of halogens is 6. The van der Waals surface area contributed by atoms with Crippen LogP contribution in [0.4, 0.5) is 23.8 Å². The minimum atomic E-state index is -10.0. The number of likely N-dealkylation sites (tertiary alicyclic amines) is 1. The number of hydrogen-bond donors (Lipinski definition) is 2. The lowest BCUT2D eigenvalue weighted by molar-refractivity contribution is -0.0249. The van der Waals surface area contributed by atoms with Crippen molar-refractivity contribution in [3.63, 3.8) is 0 Å². The Kier molecular flexibility index (Phi) is 5.93. The fourth-order valence-electron chi connectivity index (χ4n) is 4.94. The van der Waals surface area contributed by atoms with Gasteiger partial charge in [0.15, 0.2) is 5.65 Å². The summed E-state index contributed by atoms with van der Waals surface area (Å²) >= 11 is 0. The van der Waals surface area contributed by atoms with Crippen LogP contribution in [0.25, 0.3) is 11.2 Å². The Balaban J connectivity index is 1.33. The lowest BCUT2D eigenvalue weighted by Gasteiger charge is -2.40. The number of benzene rings is 1. The maximum atomic E-state index is 15.0. The molecular formula is C23H25F6N5O3S. The first-order valence-electron chi connectivity index (χ1n) is 11.8. The number of phenolic OH excluding ortho intramolecular Hbond substituents is 1. The molecule has 2 aliphatic rings. The number of H-pyrrole nitrogens is 1. The predicted molar refractivity (Wildman–Crippen MR) is 127 cm³/mol. The van der Waals surface area contributed by atoms with Gasteiger partial charge in [-0.15, -0.1) is 0 Å². The van der Waals surface area contributed by atoms with Gasteiger partial charge >= 0.3 is 10.2 Å². The van der Waals surface area contributed by atoms with Crippen molar-refractivity contribution in [3.8, 4) is 5.75 Å². The summed E-state index contributed by atoms with van der Waals surface area (Å²) in [4.78, 5) is 25.7. The van der Waals surface area contributed by atoms with E-state index >= 15 is 0 Å². The number of aromatic amines is 1. The quantitative estimate of drug-likeness (QED) is 0.407. The van der Waals surface area contributed by atoms with Crippen molar-refractivity contribution in [1.29, 1.82) is 0 Å². The molecule has 5 rings (SSSR count). The number of morpholine rings is 1. The Morgan fingerprint density at radius 3 is 2.50 bits per heavy atom. The number of ether oxygens (including phenoxy) is 1. The third kappa shape index (κ3) is 5.14. The number of imidazole rings is 1. The number of piperidine rings is 1. The van der Waals surface area contributed by atoms with Crippen molar-refractivity contribution in [2.75, 3.05) is 39.8 Å². The van der Waals surface area contributed by atoms with Crippen molar-refractivity contribution in [2.24, 2.45) is 0 Å². The zero-order valence-electron chi connectivity index (χ0n) is 20.1. The van der Waals surface area contributed by atoms with Gasteiger partial charge in [0.2, 0.25) is 0 Å². The van der Waals surface area contributed by atoms with Crippen LogP contribution in [0, 0.1) is 5.82 Å². The number of nitrogens with one attached hydrogen (secondary N) is 1. The van der Waals surface area contributed by atoms with Crippen LogP contribution >= 0.6 is 10.2 Å². The summed E-state index contributed by atoms with van der Waals surface area (Å²) in [5, 5.41) is 9.95. The molecule has 15 heteroatoms. The first-order chi connectivity index (χ1) is 17.6. The number of aromatic nitrogens is 3. The van der Waals surface area contributed by atoms with E-state index < -0.39 is 38.2 Å². The molecule has 0 bridgehead atoms. The van der Waals surface area contributed by atoms with Crippen LogP contribution in [0.3, 0.4) is 0 Å². The highest BCUT2D eigenvalue weighted by Crippen LogP contribution is 3.02. The highest BCUT2D eigenvalue weighted by Gasteiger charge is 2.65. The normalized spacial score (nSPS) is 21.9. The molecule has 38 heavy (non-hydrogen) atoms. The number of amides is 1. The number of likely N-dealkylation sites (N-methyl/N-ethyl adjacent to an activating group) is 1. The molecule has 3 aromatic rings. The van der Waals surface area contributed by atoms with Gasteiger partial charge in [0.25, 0.3) is 5.91 Å². The maximum Gasteiger partial charge on any atom is 0.310 e. The number of hydrogen-bond acceptors (Lipinski definition) is 6. The first-order valence-corrected chi connectivity index (χ1v) is 13.8. The van der Waals surface area contributed by atoms with Gasteiger partial charge < -0.3 is 24.6 Å². The lowest BCUT2D eigenvalue weighted by atomic mass is 9.88. The van der Waals surface area contributed by atoms with E-state index in [4.69, 9.17) is 4.74 Å². The third-order valence-corrected chi connectivity index (χ3v) is 8.08. The van der Waals surface area contributed by atoms with Crippen LogP contribution in [-0.4, -0.2) is 75.6 Å². The third-order valence-electron chi connectivity index (χ3n) is 6.94. The molecule has 2 aromatic heterocycles.